The van der Waals surface area contributed by atoms with Crippen molar-refractivity contribution in [1.82, 2.24) is 5.32 Å². The zero-order valence-corrected chi connectivity index (χ0v) is 7.59. The number of nitrogens with one attached hydrogen (secondary N) is 1. The summed E-state index contributed by atoms with van der Waals surface area (Å²) in [5.74, 6) is -0.899. The molecule has 4 nitrogen and oxygen atoms in total. The minimum absolute atomic E-state index is 0.386. The first-order valence-corrected chi connectivity index (χ1v) is 3.76. The molecule has 2 N–H and O–H groups in total. The van der Waals surface area contributed by atoms with E-state index in [1.54, 1.807) is 20.8 Å². The van der Waals surface area contributed by atoms with Crippen molar-refractivity contribution in [3.8, 4) is 6.07 Å². The molecule has 1 unspecified atom stereocenters. The van der Waals surface area contributed by atoms with E-state index in [2.05, 4.69) is 11.4 Å². The van der Waals surface area contributed by atoms with Crippen molar-refractivity contribution in [1.29, 1.82) is 5.26 Å². The van der Waals surface area contributed by atoms with Crippen LogP contribution in [-0.4, -0.2) is 23.7 Å². The van der Waals surface area contributed by atoms with Gasteiger partial charge in [0.1, 0.15) is 6.04 Å². The van der Waals surface area contributed by atoms with Gasteiger partial charge in [0.05, 0.1) is 11.5 Å². The maximum absolute atomic E-state index is 10.4. The van der Waals surface area contributed by atoms with E-state index in [-0.39, 0.29) is 0 Å². The molecule has 0 rings (SSSR count). The zero-order valence-electron chi connectivity index (χ0n) is 7.59. The van der Waals surface area contributed by atoms with Crippen molar-refractivity contribution >= 4 is 5.97 Å². The van der Waals surface area contributed by atoms with E-state index >= 15 is 0 Å². The molecular formula is C8H14N2O2. The molecule has 0 saturated heterocycles. The number of nitrogens with zero attached hydrogens (tertiary/aromatic N) is 1. The molecule has 0 spiro atoms. The largest absolute Gasteiger partial charge is 0.480 e. The molecule has 0 aromatic heterocycles. The van der Waals surface area contributed by atoms with Gasteiger partial charge in [-0.05, 0) is 20.8 Å². The Kier molecular flexibility index (Phi) is 3.71. The highest BCUT2D eigenvalue weighted by atomic mass is 16.4. The van der Waals surface area contributed by atoms with Gasteiger partial charge in [0, 0.05) is 6.54 Å². The van der Waals surface area contributed by atoms with E-state index in [1.807, 2.05) is 0 Å². The molecular weight excluding hydrogens is 156 g/mol. The molecule has 0 heterocycles. The average Bonchev–Trinajstić information content (AvgIpc) is 2.00. The first kappa shape index (κ1) is 10.9. The Bertz CT molecular complexity index is 206. The van der Waals surface area contributed by atoms with Gasteiger partial charge in [0.15, 0.2) is 0 Å². The molecule has 1 atom stereocenters. The molecule has 4 heteroatoms. The number of carboxylic acid groups (broad SMARTS) is 1. The second-order valence-electron chi connectivity index (χ2n) is 3.44. The van der Waals surface area contributed by atoms with Crippen molar-refractivity contribution < 1.29 is 9.90 Å². The number of nitriles is 1. The molecule has 0 aliphatic carbocycles. The number of rotatable bonds is 4. The molecule has 0 fully saturated rings. The summed E-state index contributed by atoms with van der Waals surface area (Å²) in [4.78, 5) is 10.4. The van der Waals surface area contributed by atoms with Crippen molar-refractivity contribution in [3.05, 3.63) is 0 Å². The SMILES string of the molecule is CC(NCC(C)(C)C#N)C(=O)O. The van der Waals surface area contributed by atoms with Crippen LogP contribution in [0.1, 0.15) is 20.8 Å². The van der Waals surface area contributed by atoms with Crippen LogP contribution in [0, 0.1) is 16.7 Å². The summed E-state index contributed by atoms with van der Waals surface area (Å²) >= 11 is 0. The lowest BCUT2D eigenvalue weighted by molar-refractivity contribution is -0.139. The van der Waals surface area contributed by atoms with Gasteiger partial charge in [-0.3, -0.25) is 4.79 Å². The fourth-order valence-electron chi connectivity index (χ4n) is 0.535. The number of carbonyl (C=O) groups is 1. The number of hydrogen-bond acceptors (Lipinski definition) is 3. The van der Waals surface area contributed by atoms with Crippen LogP contribution in [0.4, 0.5) is 0 Å². The van der Waals surface area contributed by atoms with E-state index in [0.717, 1.165) is 0 Å². The summed E-state index contributed by atoms with van der Waals surface area (Å²) < 4.78 is 0. The van der Waals surface area contributed by atoms with Gasteiger partial charge in [0.2, 0.25) is 0 Å². The van der Waals surface area contributed by atoms with Gasteiger partial charge >= 0.3 is 5.97 Å². The molecule has 0 amide bonds. The lowest BCUT2D eigenvalue weighted by atomic mass is 9.96. The van der Waals surface area contributed by atoms with E-state index in [1.165, 1.54) is 0 Å². The first-order valence-electron chi connectivity index (χ1n) is 3.76. The van der Waals surface area contributed by atoms with Crippen molar-refractivity contribution in [3.63, 3.8) is 0 Å². The van der Waals surface area contributed by atoms with Gasteiger partial charge in [0.25, 0.3) is 0 Å². The van der Waals surface area contributed by atoms with E-state index < -0.39 is 17.4 Å². The fraction of sp³-hybridized carbons (Fsp3) is 0.750. The van der Waals surface area contributed by atoms with E-state index in [4.69, 9.17) is 10.4 Å². The van der Waals surface area contributed by atoms with Crippen LogP contribution in [0.25, 0.3) is 0 Å². The van der Waals surface area contributed by atoms with Crippen LogP contribution < -0.4 is 5.32 Å². The average molecular weight is 170 g/mol. The number of carboxylic acids is 1. The van der Waals surface area contributed by atoms with Crippen LogP contribution in [0.5, 0.6) is 0 Å². The molecule has 12 heavy (non-hydrogen) atoms. The van der Waals surface area contributed by atoms with Gasteiger partial charge in [-0.2, -0.15) is 5.26 Å². The van der Waals surface area contributed by atoms with Crippen LogP contribution in [0.2, 0.25) is 0 Å². The Morgan fingerprint density at radius 3 is 2.58 bits per heavy atom. The molecule has 0 radical (unpaired) electrons. The number of aliphatic carboxylic acids is 1. The minimum atomic E-state index is -0.899. The highest BCUT2D eigenvalue weighted by Crippen LogP contribution is 2.10. The Morgan fingerprint density at radius 2 is 2.25 bits per heavy atom. The predicted octanol–water partition coefficient (Wildman–Crippen LogP) is 0.599. The van der Waals surface area contributed by atoms with Gasteiger partial charge in [-0.1, -0.05) is 0 Å². The summed E-state index contributed by atoms with van der Waals surface area (Å²) in [6.07, 6.45) is 0. The summed E-state index contributed by atoms with van der Waals surface area (Å²) in [7, 11) is 0. The van der Waals surface area contributed by atoms with Crippen LogP contribution in [-0.2, 0) is 4.79 Å². The first-order chi connectivity index (χ1) is 5.39. The molecule has 68 valence electrons. The fourth-order valence-corrected chi connectivity index (χ4v) is 0.535. The molecule has 0 saturated carbocycles. The van der Waals surface area contributed by atoms with Crippen LogP contribution in [0.15, 0.2) is 0 Å². The summed E-state index contributed by atoms with van der Waals surface area (Å²) in [5.41, 5.74) is -0.510. The van der Waals surface area contributed by atoms with Gasteiger partial charge < -0.3 is 10.4 Å². The third kappa shape index (κ3) is 3.94. The monoisotopic (exact) mass is 170 g/mol. The third-order valence-electron chi connectivity index (χ3n) is 1.52. The van der Waals surface area contributed by atoms with E-state index in [9.17, 15) is 4.79 Å². The summed E-state index contributed by atoms with van der Waals surface area (Å²) in [6, 6.07) is 1.48. The Labute approximate surface area is 72.2 Å². The van der Waals surface area contributed by atoms with E-state index in [0.29, 0.717) is 6.54 Å². The summed E-state index contributed by atoms with van der Waals surface area (Å²) in [5, 5.41) is 19.9. The quantitative estimate of drug-likeness (QED) is 0.648. The Hall–Kier alpha value is -1.08. The second-order valence-corrected chi connectivity index (χ2v) is 3.44. The zero-order chi connectivity index (χ0) is 9.78. The maximum Gasteiger partial charge on any atom is 0.320 e. The minimum Gasteiger partial charge on any atom is -0.480 e. The molecule has 0 aromatic carbocycles. The third-order valence-corrected chi connectivity index (χ3v) is 1.52. The summed E-state index contributed by atoms with van der Waals surface area (Å²) in [6.45, 7) is 5.45. The van der Waals surface area contributed by atoms with Crippen LogP contribution in [0.3, 0.4) is 0 Å². The van der Waals surface area contributed by atoms with Gasteiger partial charge in [-0.25, -0.2) is 0 Å². The Morgan fingerprint density at radius 1 is 1.75 bits per heavy atom. The predicted molar refractivity (Wildman–Crippen MR) is 44.5 cm³/mol. The van der Waals surface area contributed by atoms with Crippen molar-refractivity contribution in [2.24, 2.45) is 5.41 Å². The highest BCUT2D eigenvalue weighted by molar-refractivity contribution is 5.72. The topological polar surface area (TPSA) is 73.1 Å². The normalized spacial score (nSPS) is 13.5. The smallest absolute Gasteiger partial charge is 0.320 e. The standard InChI is InChI=1S/C8H14N2O2/c1-6(7(11)12)10-5-8(2,3)4-9/h6,10H,5H2,1-3H3,(H,11,12). The molecule has 0 aromatic rings. The number of hydrogen-bond donors (Lipinski definition) is 2. The highest BCUT2D eigenvalue weighted by Gasteiger charge is 2.19. The lowest BCUT2D eigenvalue weighted by Crippen LogP contribution is -2.39. The van der Waals surface area contributed by atoms with Gasteiger partial charge in [-0.15, -0.1) is 0 Å². The van der Waals surface area contributed by atoms with Crippen molar-refractivity contribution in [2.75, 3.05) is 6.54 Å². The molecule has 0 bridgehead atoms. The second kappa shape index (κ2) is 4.07. The maximum atomic E-state index is 10.4. The van der Waals surface area contributed by atoms with Crippen LogP contribution >= 0.6 is 0 Å². The Balaban J connectivity index is 3.85. The lowest BCUT2D eigenvalue weighted by Gasteiger charge is -2.17. The molecule has 0 aliphatic rings. The van der Waals surface area contributed by atoms with Crippen molar-refractivity contribution in [2.45, 2.75) is 26.8 Å². The molecule has 0 aliphatic heterocycles.